The molecule has 0 atom stereocenters. The number of halogens is 1. The van der Waals surface area contributed by atoms with Crippen LogP contribution >= 0.6 is 0 Å². The first-order valence-corrected chi connectivity index (χ1v) is 4.64. The van der Waals surface area contributed by atoms with E-state index in [2.05, 4.69) is 30.0 Å². The Hall–Kier alpha value is -0.555. The van der Waals surface area contributed by atoms with Crippen LogP contribution in [0.2, 0.25) is 0 Å². The summed E-state index contributed by atoms with van der Waals surface area (Å²) in [4.78, 5) is 0. The molecule has 0 bridgehead atoms. The Morgan fingerprint density at radius 3 is 2.31 bits per heavy atom. The second-order valence-electron chi connectivity index (χ2n) is 3.08. The molecule has 0 aliphatic heterocycles. The zero-order valence-electron chi connectivity index (χ0n) is 8.94. The quantitative estimate of drug-likeness (QED) is 0.489. The molecule has 0 saturated carbocycles. The molecule has 76 valence electrons. The number of benzene rings is 1. The monoisotopic (exact) mass is 416 g/mol. The van der Waals surface area contributed by atoms with Crippen LogP contribution in [0.15, 0.2) is 65.9 Å². The van der Waals surface area contributed by atoms with Gasteiger partial charge in [0, 0.05) is 6.42 Å². The predicted octanol–water partition coefficient (Wildman–Crippen LogP) is 0.557. The third-order valence-corrected chi connectivity index (χ3v) is 2.01. The minimum Gasteiger partial charge on any atom is -1.00 e. The molecule has 2 rings (SSSR count). The minimum atomic E-state index is 0. The van der Waals surface area contributed by atoms with Crippen molar-refractivity contribution in [2.45, 2.75) is 0 Å². The van der Waals surface area contributed by atoms with Crippen molar-refractivity contribution in [2.24, 2.45) is 0 Å². The summed E-state index contributed by atoms with van der Waals surface area (Å²) in [6, 6.07) is 10.3. The molecule has 2 radical (unpaired) electrons. The molecule has 2 heteroatoms. The van der Waals surface area contributed by atoms with Crippen molar-refractivity contribution in [2.75, 3.05) is 0 Å². The third kappa shape index (κ3) is 4.98. The molecule has 1 aromatic carbocycles. The van der Waals surface area contributed by atoms with Gasteiger partial charge in [-0.05, 0) is 23.3 Å². The van der Waals surface area contributed by atoms with Gasteiger partial charge in [0.2, 0.25) is 0 Å². The number of allylic oxidation sites excluding steroid dienone is 4. The standard InChI is InChI=1S/C14H11.ClH.Hg/c1-3-7-13(8-4-1)11-12-14-9-5-2-6-10-14;;/h1,3-12H;1H;/q;;+1/p-1/b12-11+;;. The second kappa shape index (κ2) is 8.58. The smallest absolute Gasteiger partial charge is 1.00 e. The SMILES string of the molecule is C1=C[CH]C(/C=C/c2ccccc2)=CC=1.[Cl-].[Hg+]. The molecule has 0 nitrogen and oxygen atoms in total. The Bertz CT molecular complexity index is 423. The maximum absolute atomic E-state index is 3.00. The van der Waals surface area contributed by atoms with Gasteiger partial charge in [-0.2, -0.15) is 0 Å². The van der Waals surface area contributed by atoms with Crippen molar-refractivity contribution in [3.63, 3.8) is 0 Å². The third-order valence-electron chi connectivity index (χ3n) is 2.01. The Morgan fingerprint density at radius 1 is 0.938 bits per heavy atom. The van der Waals surface area contributed by atoms with Gasteiger partial charge in [0.1, 0.15) is 0 Å². The average molecular weight is 415 g/mol. The molecular weight excluding hydrogens is 404 g/mol. The first-order valence-electron chi connectivity index (χ1n) is 4.64. The molecule has 0 fully saturated rings. The fourth-order valence-corrected chi connectivity index (χ4v) is 1.27. The van der Waals surface area contributed by atoms with Crippen LogP contribution in [0, 0.1) is 6.42 Å². The van der Waals surface area contributed by atoms with Gasteiger partial charge in [-0.25, -0.2) is 0 Å². The van der Waals surface area contributed by atoms with E-state index in [-0.39, 0.29) is 40.1 Å². The van der Waals surface area contributed by atoms with E-state index in [4.69, 9.17) is 0 Å². The van der Waals surface area contributed by atoms with Crippen molar-refractivity contribution in [3.8, 4) is 0 Å². The van der Waals surface area contributed by atoms with E-state index in [0.717, 1.165) is 0 Å². The van der Waals surface area contributed by atoms with Crippen LogP contribution in [-0.2, 0) is 27.7 Å². The van der Waals surface area contributed by atoms with E-state index in [1.807, 2.05) is 42.8 Å². The van der Waals surface area contributed by atoms with Gasteiger partial charge in [-0.3, -0.25) is 0 Å². The van der Waals surface area contributed by atoms with Crippen LogP contribution in [0.25, 0.3) is 6.08 Å². The van der Waals surface area contributed by atoms with Gasteiger partial charge in [0.05, 0.1) is 0 Å². The molecule has 0 aromatic heterocycles. The van der Waals surface area contributed by atoms with Crippen molar-refractivity contribution < 1.29 is 40.1 Å². The number of hydrogen-bond acceptors (Lipinski definition) is 0. The molecule has 0 spiro atoms. The summed E-state index contributed by atoms with van der Waals surface area (Å²) in [7, 11) is 0. The molecule has 0 heterocycles. The Labute approximate surface area is 123 Å². The molecule has 1 aliphatic rings. The summed E-state index contributed by atoms with van der Waals surface area (Å²) in [6.07, 6.45) is 12.1. The normalized spacial score (nSPS) is 12.9. The summed E-state index contributed by atoms with van der Waals surface area (Å²) in [5, 5.41) is 0. The zero-order valence-corrected chi connectivity index (χ0v) is 15.2. The maximum Gasteiger partial charge on any atom is 1.00 e. The second-order valence-corrected chi connectivity index (χ2v) is 3.08. The molecule has 0 amide bonds. The summed E-state index contributed by atoms with van der Waals surface area (Å²) in [5.41, 5.74) is 5.42. The van der Waals surface area contributed by atoms with Gasteiger partial charge in [0.15, 0.2) is 0 Å². The van der Waals surface area contributed by atoms with E-state index in [1.54, 1.807) is 0 Å². The van der Waals surface area contributed by atoms with Crippen molar-refractivity contribution in [1.29, 1.82) is 0 Å². The van der Waals surface area contributed by atoms with E-state index in [1.165, 1.54) is 11.1 Å². The molecule has 0 unspecified atom stereocenters. The molecular formula is C14H11ClHg. The summed E-state index contributed by atoms with van der Waals surface area (Å²) >= 11 is 0. The van der Waals surface area contributed by atoms with Crippen LogP contribution in [0.4, 0.5) is 0 Å². The van der Waals surface area contributed by atoms with Gasteiger partial charge in [-0.15, -0.1) is 5.73 Å². The maximum atomic E-state index is 3.00. The Balaban J connectivity index is 0.00000112. The van der Waals surface area contributed by atoms with Crippen LogP contribution in [0.5, 0.6) is 0 Å². The van der Waals surface area contributed by atoms with Crippen LogP contribution in [0.1, 0.15) is 5.56 Å². The zero-order chi connectivity index (χ0) is 9.64. The van der Waals surface area contributed by atoms with E-state index in [9.17, 15) is 0 Å². The molecule has 0 saturated heterocycles. The predicted molar refractivity (Wildman–Crippen MR) is 60.5 cm³/mol. The number of hydrogen-bond donors (Lipinski definition) is 0. The van der Waals surface area contributed by atoms with E-state index in [0.29, 0.717) is 0 Å². The minimum absolute atomic E-state index is 0. The molecule has 1 aromatic rings. The van der Waals surface area contributed by atoms with Crippen molar-refractivity contribution >= 4 is 6.08 Å². The van der Waals surface area contributed by atoms with Crippen LogP contribution < -0.4 is 12.4 Å². The largest absolute Gasteiger partial charge is 1.00 e. The molecule has 1 aliphatic carbocycles. The number of rotatable bonds is 2. The summed E-state index contributed by atoms with van der Waals surface area (Å²) < 4.78 is 0. The van der Waals surface area contributed by atoms with Gasteiger partial charge >= 0.3 is 27.7 Å². The van der Waals surface area contributed by atoms with Crippen LogP contribution in [0.3, 0.4) is 0 Å². The fourth-order valence-electron chi connectivity index (χ4n) is 1.27. The Kier molecular flexibility index (Phi) is 8.28. The molecule has 0 N–H and O–H groups in total. The first-order chi connectivity index (χ1) is 6.95. The average Bonchev–Trinajstić information content (AvgIpc) is 2.29. The fraction of sp³-hybridized carbons (Fsp3) is 0. The van der Waals surface area contributed by atoms with Crippen molar-refractivity contribution in [1.82, 2.24) is 0 Å². The summed E-state index contributed by atoms with van der Waals surface area (Å²) in [5.74, 6) is 0. The topological polar surface area (TPSA) is 0 Å². The van der Waals surface area contributed by atoms with E-state index >= 15 is 0 Å². The first kappa shape index (κ1) is 15.4. The molecule has 16 heavy (non-hydrogen) atoms. The van der Waals surface area contributed by atoms with Gasteiger partial charge in [-0.1, -0.05) is 48.6 Å². The van der Waals surface area contributed by atoms with Gasteiger partial charge in [0.25, 0.3) is 0 Å². The Morgan fingerprint density at radius 2 is 1.69 bits per heavy atom. The van der Waals surface area contributed by atoms with Gasteiger partial charge < -0.3 is 12.4 Å². The summed E-state index contributed by atoms with van der Waals surface area (Å²) in [6.45, 7) is 0. The van der Waals surface area contributed by atoms with E-state index < -0.39 is 0 Å². The van der Waals surface area contributed by atoms with Crippen molar-refractivity contribution in [3.05, 3.63) is 77.9 Å². The van der Waals surface area contributed by atoms with Crippen LogP contribution in [-0.4, -0.2) is 0 Å².